The van der Waals surface area contributed by atoms with Gasteiger partial charge in [-0.25, -0.2) is 0 Å². The standard InChI is InChI=1S/C23H22O4/c1-14-12-23(21(25)27-4)18-8-6-5-7-17(18)20(24)13-22(23,2)19-11-15(26-3)9-10-16(14)19/h5-12H,13H2,1-4H3/t22-,23-/m0/s1. The number of hydrogen-bond acceptors (Lipinski definition) is 4. The molecule has 27 heavy (non-hydrogen) atoms. The van der Waals surface area contributed by atoms with Crippen LogP contribution in [-0.4, -0.2) is 26.0 Å². The molecule has 0 amide bonds. The molecule has 0 spiro atoms. The van der Waals surface area contributed by atoms with Gasteiger partial charge in [-0.3, -0.25) is 9.59 Å². The highest BCUT2D eigenvalue weighted by atomic mass is 16.5. The van der Waals surface area contributed by atoms with Crippen molar-refractivity contribution in [3.05, 3.63) is 70.8 Å². The van der Waals surface area contributed by atoms with E-state index < -0.39 is 10.8 Å². The Morgan fingerprint density at radius 1 is 1.04 bits per heavy atom. The summed E-state index contributed by atoms with van der Waals surface area (Å²) in [4.78, 5) is 26.3. The summed E-state index contributed by atoms with van der Waals surface area (Å²) in [5, 5.41) is 0. The smallest absolute Gasteiger partial charge is 0.321 e. The molecule has 0 saturated heterocycles. The summed E-state index contributed by atoms with van der Waals surface area (Å²) >= 11 is 0. The maximum absolute atomic E-state index is 13.3. The molecule has 0 heterocycles. The Morgan fingerprint density at radius 3 is 2.48 bits per heavy atom. The normalized spacial score (nSPS) is 25.6. The lowest BCUT2D eigenvalue weighted by Gasteiger charge is -2.52. The van der Waals surface area contributed by atoms with Gasteiger partial charge < -0.3 is 9.47 Å². The summed E-state index contributed by atoms with van der Waals surface area (Å²) in [6.07, 6.45) is 2.21. The van der Waals surface area contributed by atoms with Gasteiger partial charge in [0.1, 0.15) is 11.2 Å². The van der Waals surface area contributed by atoms with Gasteiger partial charge in [0.25, 0.3) is 0 Å². The minimum absolute atomic E-state index is 0.0364. The Bertz CT molecular complexity index is 1000. The molecule has 0 radical (unpaired) electrons. The molecule has 2 aliphatic carbocycles. The SMILES string of the molecule is COC(=O)[C@@]12C=C(C)c3ccc(OC)cc3[C@]1(C)CC(=O)c1ccccc12. The van der Waals surface area contributed by atoms with Crippen molar-refractivity contribution in [3.63, 3.8) is 0 Å². The lowest BCUT2D eigenvalue weighted by Crippen LogP contribution is -2.58. The second kappa shape index (κ2) is 5.81. The number of ether oxygens (including phenoxy) is 2. The van der Waals surface area contributed by atoms with Crippen LogP contribution in [0.25, 0.3) is 5.57 Å². The summed E-state index contributed by atoms with van der Waals surface area (Å²) in [6.45, 7) is 3.98. The number of ketones is 1. The molecule has 4 heteroatoms. The predicted molar refractivity (Wildman–Crippen MR) is 103 cm³/mol. The number of carbonyl (C=O) groups is 2. The van der Waals surface area contributed by atoms with E-state index in [1.807, 2.05) is 56.3 Å². The predicted octanol–water partition coefficient (Wildman–Crippen LogP) is 4.07. The zero-order valence-corrected chi connectivity index (χ0v) is 16.0. The van der Waals surface area contributed by atoms with Gasteiger partial charge in [0.05, 0.1) is 14.2 Å². The van der Waals surface area contributed by atoms with Crippen LogP contribution in [0.4, 0.5) is 0 Å². The van der Waals surface area contributed by atoms with Crippen LogP contribution in [0.1, 0.15) is 47.3 Å². The van der Waals surface area contributed by atoms with E-state index in [0.29, 0.717) is 16.9 Å². The van der Waals surface area contributed by atoms with Crippen molar-refractivity contribution in [2.24, 2.45) is 0 Å². The molecule has 0 fully saturated rings. The van der Waals surface area contributed by atoms with Gasteiger partial charge in [-0.2, -0.15) is 0 Å². The summed E-state index contributed by atoms with van der Waals surface area (Å²) in [6, 6.07) is 13.2. The van der Waals surface area contributed by atoms with E-state index >= 15 is 0 Å². The van der Waals surface area contributed by atoms with Gasteiger partial charge in [0.15, 0.2) is 5.78 Å². The molecular formula is C23H22O4. The topological polar surface area (TPSA) is 52.6 Å². The Hall–Kier alpha value is -2.88. The van der Waals surface area contributed by atoms with E-state index in [0.717, 1.165) is 16.7 Å². The van der Waals surface area contributed by atoms with E-state index in [4.69, 9.17) is 9.47 Å². The number of allylic oxidation sites excluding steroid dienone is 1. The summed E-state index contributed by atoms with van der Waals surface area (Å²) < 4.78 is 10.7. The van der Waals surface area contributed by atoms with Crippen molar-refractivity contribution >= 4 is 17.3 Å². The number of carbonyl (C=O) groups excluding carboxylic acids is 2. The Balaban J connectivity index is 2.14. The number of Topliss-reactive ketones (excluding diaryl/α,β-unsaturated/α-hetero) is 1. The van der Waals surface area contributed by atoms with Gasteiger partial charge in [-0.15, -0.1) is 0 Å². The fraction of sp³-hybridized carbons (Fsp3) is 0.304. The fourth-order valence-corrected chi connectivity index (χ4v) is 4.88. The van der Waals surface area contributed by atoms with Crippen LogP contribution in [0.3, 0.4) is 0 Å². The summed E-state index contributed by atoms with van der Waals surface area (Å²) in [5.74, 6) is 0.391. The molecule has 0 aromatic heterocycles. The van der Waals surface area contributed by atoms with Crippen LogP contribution >= 0.6 is 0 Å². The maximum atomic E-state index is 13.3. The van der Waals surface area contributed by atoms with Crippen molar-refractivity contribution in [2.45, 2.75) is 31.1 Å². The number of fused-ring (bicyclic) bond motifs is 5. The highest BCUT2D eigenvalue weighted by Gasteiger charge is 2.61. The number of benzene rings is 2. The van der Waals surface area contributed by atoms with Gasteiger partial charge in [0.2, 0.25) is 0 Å². The Morgan fingerprint density at radius 2 is 1.78 bits per heavy atom. The summed E-state index contributed by atoms with van der Waals surface area (Å²) in [7, 11) is 3.02. The van der Waals surface area contributed by atoms with Gasteiger partial charge in [-0.05, 0) is 41.3 Å². The van der Waals surface area contributed by atoms with Crippen LogP contribution in [0, 0.1) is 0 Å². The van der Waals surface area contributed by atoms with Crippen molar-refractivity contribution in [3.8, 4) is 5.75 Å². The lowest BCUT2D eigenvalue weighted by atomic mass is 9.49. The number of rotatable bonds is 2. The fourth-order valence-electron chi connectivity index (χ4n) is 4.88. The molecule has 2 aromatic carbocycles. The van der Waals surface area contributed by atoms with Crippen LogP contribution in [0.5, 0.6) is 5.75 Å². The first-order valence-corrected chi connectivity index (χ1v) is 8.98. The highest BCUT2D eigenvalue weighted by molar-refractivity contribution is 6.07. The molecule has 0 saturated carbocycles. The molecule has 0 aliphatic heterocycles. The zero-order chi connectivity index (χ0) is 19.4. The van der Waals surface area contributed by atoms with Crippen molar-refractivity contribution in [1.82, 2.24) is 0 Å². The molecule has 0 unspecified atom stereocenters. The first kappa shape index (κ1) is 17.5. The lowest BCUT2D eigenvalue weighted by molar-refractivity contribution is -0.148. The van der Waals surface area contributed by atoms with E-state index in [1.165, 1.54) is 7.11 Å². The minimum atomic E-state index is -1.06. The van der Waals surface area contributed by atoms with Crippen molar-refractivity contribution in [2.75, 3.05) is 14.2 Å². The first-order valence-electron chi connectivity index (χ1n) is 8.98. The molecule has 2 atom stereocenters. The largest absolute Gasteiger partial charge is 0.497 e. The second-order valence-electron chi connectivity index (χ2n) is 7.52. The number of hydrogen-bond donors (Lipinski definition) is 0. The third-order valence-corrected chi connectivity index (χ3v) is 6.22. The van der Waals surface area contributed by atoms with Crippen molar-refractivity contribution < 1.29 is 19.1 Å². The number of esters is 1. The van der Waals surface area contributed by atoms with E-state index in [2.05, 4.69) is 0 Å². The van der Waals surface area contributed by atoms with Gasteiger partial charge in [-0.1, -0.05) is 43.3 Å². The minimum Gasteiger partial charge on any atom is -0.497 e. The maximum Gasteiger partial charge on any atom is 0.321 e. The average Bonchev–Trinajstić information content (AvgIpc) is 2.69. The number of methoxy groups -OCH3 is 2. The molecule has 2 aromatic rings. The Kier molecular flexibility index (Phi) is 3.77. The highest BCUT2D eigenvalue weighted by Crippen LogP contribution is 2.58. The molecule has 138 valence electrons. The van der Waals surface area contributed by atoms with E-state index in [1.54, 1.807) is 13.2 Å². The van der Waals surface area contributed by atoms with Crippen LogP contribution in [0.2, 0.25) is 0 Å². The van der Waals surface area contributed by atoms with Crippen LogP contribution in [0.15, 0.2) is 48.5 Å². The molecule has 0 bridgehead atoms. The van der Waals surface area contributed by atoms with Crippen LogP contribution in [-0.2, 0) is 20.4 Å². The average molecular weight is 362 g/mol. The molecule has 4 rings (SSSR count). The van der Waals surface area contributed by atoms with Crippen molar-refractivity contribution in [1.29, 1.82) is 0 Å². The molecule has 4 nitrogen and oxygen atoms in total. The van der Waals surface area contributed by atoms with Gasteiger partial charge >= 0.3 is 5.97 Å². The quantitative estimate of drug-likeness (QED) is 0.756. The zero-order valence-electron chi connectivity index (χ0n) is 16.0. The van der Waals surface area contributed by atoms with Crippen LogP contribution < -0.4 is 4.74 Å². The Labute approximate surface area is 158 Å². The molecule has 2 aliphatic rings. The molecule has 0 N–H and O–H groups in total. The third-order valence-electron chi connectivity index (χ3n) is 6.22. The second-order valence-corrected chi connectivity index (χ2v) is 7.52. The van der Waals surface area contributed by atoms with E-state index in [9.17, 15) is 9.59 Å². The summed E-state index contributed by atoms with van der Waals surface area (Å²) in [5.41, 5.74) is 2.43. The third kappa shape index (κ3) is 2.10. The van der Waals surface area contributed by atoms with E-state index in [-0.39, 0.29) is 18.2 Å². The van der Waals surface area contributed by atoms with Gasteiger partial charge in [0, 0.05) is 17.4 Å². The first-order chi connectivity index (χ1) is 12.9. The molecular weight excluding hydrogens is 340 g/mol. The monoisotopic (exact) mass is 362 g/mol.